The van der Waals surface area contributed by atoms with E-state index in [1.165, 1.54) is 24.3 Å². The monoisotopic (exact) mass is 344 g/mol. The van der Waals surface area contributed by atoms with Crippen LogP contribution in [0.15, 0.2) is 29.2 Å². The Bertz CT molecular complexity index is 623. The molecule has 1 atom stereocenters. The number of rotatable bonds is 5. The lowest BCUT2D eigenvalue weighted by molar-refractivity contribution is -0.132. The molecular weight excluding hydrogens is 324 g/mol. The van der Waals surface area contributed by atoms with Crippen LogP contribution >= 0.6 is 11.6 Å². The molecule has 1 heterocycles. The average Bonchev–Trinajstić information content (AvgIpc) is 2.98. The zero-order valence-electron chi connectivity index (χ0n) is 12.8. The molecule has 0 spiro atoms. The van der Waals surface area contributed by atoms with Gasteiger partial charge in [-0.3, -0.25) is 4.79 Å². The summed E-state index contributed by atoms with van der Waals surface area (Å²) in [5, 5.41) is 0.465. The fraction of sp³-hybridized carbons (Fsp3) is 0.533. The van der Waals surface area contributed by atoms with Gasteiger partial charge < -0.3 is 4.90 Å². The summed E-state index contributed by atoms with van der Waals surface area (Å²) in [6, 6.07) is 5.15. The van der Waals surface area contributed by atoms with Crippen LogP contribution in [0.1, 0.15) is 26.7 Å². The number of benzene rings is 1. The second-order valence-corrected chi connectivity index (χ2v) is 7.98. The van der Waals surface area contributed by atoms with E-state index in [0.29, 0.717) is 18.1 Å². The predicted molar refractivity (Wildman–Crippen MR) is 86.2 cm³/mol. The molecule has 1 saturated heterocycles. The molecule has 1 aliphatic heterocycles. The molecule has 1 aromatic carbocycles. The summed E-state index contributed by atoms with van der Waals surface area (Å²) in [6.07, 6.45) is 1.95. The highest BCUT2D eigenvalue weighted by Gasteiger charge is 2.32. The molecule has 1 aliphatic rings. The number of hydrogen-bond acceptors (Lipinski definition) is 3. The maximum atomic E-state index is 12.5. The van der Waals surface area contributed by atoms with E-state index in [2.05, 4.69) is 4.72 Å². The second-order valence-electron chi connectivity index (χ2n) is 5.83. The molecule has 1 N–H and O–H groups in total. The van der Waals surface area contributed by atoms with Crippen molar-refractivity contribution in [3.8, 4) is 0 Å². The number of carbonyl (C=O) groups excluding carboxylic acids is 1. The number of sulfonamides is 1. The smallest absolute Gasteiger partial charge is 0.241 e. The lowest BCUT2D eigenvalue weighted by Crippen LogP contribution is -2.50. The first-order valence-corrected chi connectivity index (χ1v) is 9.24. The standard InChI is InChI=1S/C15H21ClN2O3S/c1-11(2)14(15(19)18-9-3-4-10-18)17-22(20,21)13-7-5-12(16)6-8-13/h5-8,11,14,17H,3-4,9-10H2,1-2H3/t14-/m0/s1. The minimum atomic E-state index is -3.75. The number of halogens is 1. The van der Waals surface area contributed by atoms with Crippen LogP contribution in [0.4, 0.5) is 0 Å². The van der Waals surface area contributed by atoms with E-state index in [1.54, 1.807) is 4.90 Å². The highest BCUT2D eigenvalue weighted by Crippen LogP contribution is 2.18. The van der Waals surface area contributed by atoms with Crippen molar-refractivity contribution in [1.29, 1.82) is 0 Å². The van der Waals surface area contributed by atoms with Gasteiger partial charge in [0.15, 0.2) is 0 Å². The van der Waals surface area contributed by atoms with Crippen LogP contribution in [0, 0.1) is 5.92 Å². The molecule has 0 saturated carbocycles. The van der Waals surface area contributed by atoms with Crippen LogP contribution in [-0.4, -0.2) is 38.4 Å². The minimum Gasteiger partial charge on any atom is -0.341 e. The molecule has 0 aromatic heterocycles. The molecular formula is C15H21ClN2O3S. The van der Waals surface area contributed by atoms with Crippen LogP contribution < -0.4 is 4.72 Å². The van der Waals surface area contributed by atoms with Gasteiger partial charge in [0.2, 0.25) is 15.9 Å². The van der Waals surface area contributed by atoms with E-state index in [1.807, 2.05) is 13.8 Å². The van der Waals surface area contributed by atoms with Crippen molar-refractivity contribution in [2.24, 2.45) is 5.92 Å². The molecule has 22 heavy (non-hydrogen) atoms. The van der Waals surface area contributed by atoms with Gasteiger partial charge >= 0.3 is 0 Å². The Kier molecular flexibility index (Phi) is 5.47. The molecule has 0 radical (unpaired) electrons. The number of carbonyl (C=O) groups is 1. The van der Waals surface area contributed by atoms with Crippen molar-refractivity contribution in [2.75, 3.05) is 13.1 Å². The lowest BCUT2D eigenvalue weighted by atomic mass is 10.0. The molecule has 0 bridgehead atoms. The van der Waals surface area contributed by atoms with Crippen LogP contribution in [0.2, 0.25) is 5.02 Å². The molecule has 0 unspecified atom stereocenters. The van der Waals surface area contributed by atoms with Crippen molar-refractivity contribution in [3.05, 3.63) is 29.3 Å². The fourth-order valence-electron chi connectivity index (χ4n) is 2.45. The summed E-state index contributed by atoms with van der Waals surface area (Å²) in [6.45, 7) is 5.07. The van der Waals surface area contributed by atoms with Gasteiger partial charge in [0.05, 0.1) is 4.90 Å². The van der Waals surface area contributed by atoms with Crippen LogP contribution in [0.25, 0.3) is 0 Å². The summed E-state index contributed by atoms with van der Waals surface area (Å²) in [5.41, 5.74) is 0. The zero-order valence-corrected chi connectivity index (χ0v) is 14.3. The van der Waals surface area contributed by atoms with Gasteiger partial charge in [0.1, 0.15) is 6.04 Å². The SMILES string of the molecule is CC(C)[C@H](NS(=O)(=O)c1ccc(Cl)cc1)C(=O)N1CCCC1. The molecule has 7 heteroatoms. The number of likely N-dealkylation sites (tertiary alicyclic amines) is 1. The maximum Gasteiger partial charge on any atom is 0.241 e. The number of nitrogens with one attached hydrogen (secondary N) is 1. The maximum absolute atomic E-state index is 12.5. The number of hydrogen-bond donors (Lipinski definition) is 1. The van der Waals surface area contributed by atoms with Gasteiger partial charge in [0.25, 0.3) is 0 Å². The first-order valence-electron chi connectivity index (χ1n) is 7.38. The van der Waals surface area contributed by atoms with Crippen molar-refractivity contribution in [3.63, 3.8) is 0 Å². The highest BCUT2D eigenvalue weighted by molar-refractivity contribution is 7.89. The molecule has 1 fully saturated rings. The summed E-state index contributed by atoms with van der Waals surface area (Å²) < 4.78 is 27.4. The quantitative estimate of drug-likeness (QED) is 0.891. The minimum absolute atomic E-state index is 0.108. The number of amides is 1. The molecule has 0 aliphatic carbocycles. The van der Waals surface area contributed by atoms with Crippen molar-refractivity contribution < 1.29 is 13.2 Å². The normalized spacial score (nSPS) is 17.0. The predicted octanol–water partition coefficient (Wildman–Crippen LogP) is 2.27. The van der Waals surface area contributed by atoms with E-state index in [0.717, 1.165) is 12.8 Å². The van der Waals surface area contributed by atoms with E-state index in [-0.39, 0.29) is 16.7 Å². The lowest BCUT2D eigenvalue weighted by Gasteiger charge is -2.26. The van der Waals surface area contributed by atoms with Gasteiger partial charge in [-0.2, -0.15) is 4.72 Å². The fourth-order valence-corrected chi connectivity index (χ4v) is 3.92. The van der Waals surface area contributed by atoms with Crippen molar-refractivity contribution in [1.82, 2.24) is 9.62 Å². The Morgan fingerprint density at radius 2 is 1.73 bits per heavy atom. The van der Waals surface area contributed by atoms with Crippen LogP contribution in [0.3, 0.4) is 0 Å². The van der Waals surface area contributed by atoms with Crippen molar-refractivity contribution in [2.45, 2.75) is 37.6 Å². The average molecular weight is 345 g/mol. The van der Waals surface area contributed by atoms with E-state index in [9.17, 15) is 13.2 Å². The van der Waals surface area contributed by atoms with Crippen molar-refractivity contribution >= 4 is 27.5 Å². The summed E-state index contributed by atoms with van der Waals surface area (Å²) in [4.78, 5) is 14.4. The van der Waals surface area contributed by atoms with Crippen LogP contribution in [-0.2, 0) is 14.8 Å². The first-order chi connectivity index (χ1) is 10.3. The van der Waals surface area contributed by atoms with Gasteiger partial charge in [0, 0.05) is 18.1 Å². The largest absolute Gasteiger partial charge is 0.341 e. The molecule has 2 rings (SSSR count). The summed E-state index contributed by atoms with van der Waals surface area (Å²) >= 11 is 5.78. The Balaban J connectivity index is 2.19. The Morgan fingerprint density at radius 3 is 2.23 bits per heavy atom. The molecule has 122 valence electrons. The van der Waals surface area contributed by atoms with Gasteiger partial charge in [-0.25, -0.2) is 8.42 Å². The Labute approximate surface area is 136 Å². The third kappa shape index (κ3) is 4.00. The highest BCUT2D eigenvalue weighted by atomic mass is 35.5. The van der Waals surface area contributed by atoms with E-state index in [4.69, 9.17) is 11.6 Å². The topological polar surface area (TPSA) is 66.5 Å². The third-order valence-electron chi connectivity index (χ3n) is 3.76. The molecule has 1 amide bonds. The third-order valence-corrected chi connectivity index (χ3v) is 5.47. The second kappa shape index (κ2) is 6.98. The van der Waals surface area contributed by atoms with E-state index < -0.39 is 16.1 Å². The number of nitrogens with zero attached hydrogens (tertiary/aromatic N) is 1. The summed E-state index contributed by atoms with van der Waals surface area (Å²) in [7, 11) is -3.75. The van der Waals surface area contributed by atoms with E-state index >= 15 is 0 Å². The summed E-state index contributed by atoms with van der Waals surface area (Å²) in [5.74, 6) is -0.278. The Hall–Kier alpha value is -1.11. The van der Waals surface area contributed by atoms with Crippen LogP contribution in [0.5, 0.6) is 0 Å². The van der Waals surface area contributed by atoms with Gasteiger partial charge in [-0.1, -0.05) is 25.4 Å². The van der Waals surface area contributed by atoms with Gasteiger partial charge in [-0.05, 0) is 43.0 Å². The molecule has 1 aromatic rings. The molecule has 5 nitrogen and oxygen atoms in total. The Morgan fingerprint density at radius 1 is 1.18 bits per heavy atom. The van der Waals surface area contributed by atoms with Gasteiger partial charge in [-0.15, -0.1) is 0 Å². The zero-order chi connectivity index (χ0) is 16.3. The first kappa shape index (κ1) is 17.2.